The van der Waals surface area contributed by atoms with Gasteiger partial charge in [-0.3, -0.25) is 27.5 Å². The summed E-state index contributed by atoms with van der Waals surface area (Å²) >= 11 is 0. The minimum absolute atomic E-state index is 0.00277. The number of benzene rings is 1. The fourth-order valence-corrected chi connectivity index (χ4v) is 7.73. The molecule has 31 heteroatoms. The number of aromatic nitrogens is 6. The SMILES string of the molecule is [N-]=[N+]=Nc1ccccc1COC(=O)NCCC[C@@H](N)C(=O)O[C@H]1[C@@H](O)[C@H](n2cnc3c(N)ncnc32)O[C@H]1COP(=O)(O)O[C@H]1C[C@H](n2ccc(N)nc2=O)O[C@H]1COP(=O)(O)O. The lowest BCUT2D eigenvalue weighted by molar-refractivity contribution is -0.158. The number of esters is 1. The smallest absolute Gasteiger partial charge is 0.455 e. The van der Waals surface area contributed by atoms with E-state index >= 15 is 0 Å². The van der Waals surface area contributed by atoms with Crippen molar-refractivity contribution >= 4 is 56.2 Å². The van der Waals surface area contributed by atoms with Gasteiger partial charge in [-0.25, -0.2) is 33.7 Å². The van der Waals surface area contributed by atoms with Crippen LogP contribution in [0.5, 0.6) is 0 Å². The summed E-state index contributed by atoms with van der Waals surface area (Å²) in [6.07, 6.45) is -7.90. The van der Waals surface area contributed by atoms with E-state index in [1.165, 1.54) is 23.2 Å². The van der Waals surface area contributed by atoms with Crippen LogP contribution in [0.15, 0.2) is 59.1 Å². The molecule has 9 atom stereocenters. The lowest BCUT2D eigenvalue weighted by atomic mass is 10.1. The van der Waals surface area contributed by atoms with Crippen molar-refractivity contribution in [1.82, 2.24) is 34.4 Å². The average Bonchev–Trinajstić information content (AvgIpc) is 3.92. The fourth-order valence-electron chi connectivity index (χ4n) is 6.43. The number of nitrogens with two attached hydrogens (primary N) is 3. The van der Waals surface area contributed by atoms with Gasteiger partial charge in [0.05, 0.1) is 19.5 Å². The Labute approximate surface area is 353 Å². The van der Waals surface area contributed by atoms with Gasteiger partial charge < -0.3 is 61.3 Å². The van der Waals surface area contributed by atoms with Crippen LogP contribution >= 0.6 is 15.6 Å². The van der Waals surface area contributed by atoms with Crippen molar-refractivity contribution in [2.75, 3.05) is 31.2 Å². The minimum Gasteiger partial charge on any atom is -0.455 e. The zero-order chi connectivity index (χ0) is 45.5. The molecule has 340 valence electrons. The molecule has 5 heterocycles. The van der Waals surface area contributed by atoms with E-state index in [0.717, 1.165) is 10.9 Å². The molecule has 2 aliphatic heterocycles. The predicted octanol–water partition coefficient (Wildman–Crippen LogP) is 0.292. The fraction of sp³-hybridized carbons (Fsp3) is 0.469. The first kappa shape index (κ1) is 46.9. The third kappa shape index (κ3) is 12.1. The van der Waals surface area contributed by atoms with E-state index in [2.05, 4.69) is 39.8 Å². The molecule has 4 aromatic rings. The van der Waals surface area contributed by atoms with Crippen molar-refractivity contribution in [3.8, 4) is 0 Å². The molecular weight excluding hydrogens is 884 g/mol. The molecule has 29 nitrogen and oxygen atoms in total. The Morgan fingerprint density at radius 1 is 1.06 bits per heavy atom. The number of alkyl carbamates (subject to hydrolysis) is 1. The maximum atomic E-state index is 13.4. The molecule has 63 heavy (non-hydrogen) atoms. The number of anilines is 2. The van der Waals surface area contributed by atoms with Gasteiger partial charge in [-0.05, 0) is 30.0 Å². The second-order valence-electron chi connectivity index (χ2n) is 13.7. The summed E-state index contributed by atoms with van der Waals surface area (Å²) in [5.41, 5.74) is 26.4. The number of carbonyl (C=O) groups is 2. The van der Waals surface area contributed by atoms with Crippen LogP contribution in [0.2, 0.25) is 0 Å². The second-order valence-corrected chi connectivity index (χ2v) is 16.4. The summed E-state index contributed by atoms with van der Waals surface area (Å²) in [5, 5.41) is 17.5. The normalized spacial score (nSPS) is 23.7. The van der Waals surface area contributed by atoms with E-state index in [1.807, 2.05) is 0 Å². The number of ether oxygens (including phenoxy) is 4. The van der Waals surface area contributed by atoms with E-state index < -0.39 is 95.6 Å². The van der Waals surface area contributed by atoms with Crippen molar-refractivity contribution in [1.29, 1.82) is 0 Å². The highest BCUT2D eigenvalue weighted by atomic mass is 31.2. The predicted molar refractivity (Wildman–Crippen MR) is 210 cm³/mol. The molecule has 2 saturated heterocycles. The summed E-state index contributed by atoms with van der Waals surface area (Å²) in [6, 6.07) is 6.45. The highest BCUT2D eigenvalue weighted by molar-refractivity contribution is 7.47. The molecule has 2 aliphatic rings. The van der Waals surface area contributed by atoms with Gasteiger partial charge in [-0.1, -0.05) is 29.4 Å². The first-order valence-corrected chi connectivity index (χ1v) is 21.6. The second kappa shape index (κ2) is 20.2. The van der Waals surface area contributed by atoms with Crippen molar-refractivity contribution in [2.45, 2.75) is 74.9 Å². The Bertz CT molecular complexity index is 2480. The van der Waals surface area contributed by atoms with Gasteiger partial charge >= 0.3 is 33.4 Å². The largest absolute Gasteiger partial charge is 0.472 e. The first-order chi connectivity index (χ1) is 29.9. The van der Waals surface area contributed by atoms with Crippen LogP contribution in [0.25, 0.3) is 21.6 Å². The van der Waals surface area contributed by atoms with Crippen molar-refractivity contribution in [2.24, 2.45) is 10.8 Å². The van der Waals surface area contributed by atoms with Gasteiger partial charge in [0.2, 0.25) is 0 Å². The highest BCUT2D eigenvalue weighted by Gasteiger charge is 2.50. The van der Waals surface area contributed by atoms with Gasteiger partial charge in [0, 0.05) is 29.8 Å². The Morgan fingerprint density at radius 2 is 1.83 bits per heavy atom. The van der Waals surface area contributed by atoms with Crippen LogP contribution in [0.1, 0.15) is 37.3 Å². The van der Waals surface area contributed by atoms with E-state index in [-0.39, 0.29) is 60.9 Å². The van der Waals surface area contributed by atoms with E-state index in [0.29, 0.717) is 5.56 Å². The van der Waals surface area contributed by atoms with Gasteiger partial charge in [0.1, 0.15) is 61.0 Å². The lowest BCUT2D eigenvalue weighted by Crippen LogP contribution is -2.43. The molecule has 6 rings (SSSR count). The van der Waals surface area contributed by atoms with Crippen LogP contribution in [0.3, 0.4) is 0 Å². The monoisotopic (exact) mass is 925 g/mol. The van der Waals surface area contributed by atoms with Crippen LogP contribution < -0.4 is 28.2 Å². The molecule has 3 aromatic heterocycles. The molecule has 0 bridgehead atoms. The van der Waals surface area contributed by atoms with Crippen molar-refractivity contribution in [3.63, 3.8) is 0 Å². The molecule has 0 spiro atoms. The van der Waals surface area contributed by atoms with Gasteiger partial charge in [-0.15, -0.1) is 0 Å². The number of imidazole rings is 1. The number of azide groups is 1. The third-order valence-electron chi connectivity index (χ3n) is 9.41. The maximum Gasteiger partial charge on any atom is 0.472 e. The molecular formula is C32H41N13O16P2. The molecule has 1 unspecified atom stereocenters. The Morgan fingerprint density at radius 3 is 2.57 bits per heavy atom. The average molecular weight is 926 g/mol. The number of aliphatic hydroxyl groups excluding tert-OH is 1. The highest BCUT2D eigenvalue weighted by Crippen LogP contribution is 2.50. The summed E-state index contributed by atoms with van der Waals surface area (Å²) in [7, 11) is -10.3. The number of phosphoric acid groups is 2. The topological polar surface area (TPSA) is 431 Å². The van der Waals surface area contributed by atoms with Crippen molar-refractivity contribution < 1.29 is 71.0 Å². The quantitative estimate of drug-likeness (QED) is 0.0156. The van der Waals surface area contributed by atoms with Crippen LogP contribution in [-0.4, -0.2) is 117 Å². The van der Waals surface area contributed by atoms with E-state index in [9.17, 15) is 43.3 Å². The first-order valence-electron chi connectivity index (χ1n) is 18.5. The third-order valence-corrected chi connectivity index (χ3v) is 10.9. The molecule has 2 fully saturated rings. The summed E-state index contributed by atoms with van der Waals surface area (Å²) < 4.78 is 64.7. The number of amides is 1. The Balaban J connectivity index is 1.10. The zero-order valence-corrected chi connectivity index (χ0v) is 34.3. The number of rotatable bonds is 19. The summed E-state index contributed by atoms with van der Waals surface area (Å²) in [4.78, 5) is 85.9. The standard InChI is InChI=1S/C32H41N13O16P2/c33-17(5-3-8-37-32(49)55-11-16-4-1-2-6-18(16)42-43-36)30(47)60-26-21(59-29(25(26)46)45-15-40-24-27(35)38-14-39-28(24)45)13-57-63(53,54)61-19-10-23(44-9-7-22(34)41-31(44)48)58-20(19)12-56-62(50,51)52/h1-2,4,6-7,9,14-15,17,19-21,23,25-26,29,46H,3,5,8,10-13,33H2,(H,37,49)(H,53,54)(H2,34,41,48)(H2,35,38,39)(H2,50,51,52)/t17-,19+,20+,21+,23-,25-,26-,29-/m1/s1. The molecule has 0 saturated carbocycles. The van der Waals surface area contributed by atoms with E-state index in [4.69, 9.17) is 50.7 Å². The number of nitrogens with zero attached hydrogens (tertiary/aromatic N) is 9. The van der Waals surface area contributed by atoms with E-state index in [1.54, 1.807) is 24.3 Å². The van der Waals surface area contributed by atoms with Gasteiger partial charge in [0.15, 0.2) is 23.8 Å². The van der Waals surface area contributed by atoms with Crippen LogP contribution in [0.4, 0.5) is 22.1 Å². The number of fused-ring (bicyclic) bond motifs is 1. The number of hydrogen-bond donors (Lipinski definition) is 8. The number of aliphatic hydroxyl groups is 1. The molecule has 0 radical (unpaired) electrons. The zero-order valence-electron chi connectivity index (χ0n) is 32.5. The minimum atomic E-state index is -5.21. The van der Waals surface area contributed by atoms with Gasteiger partial charge in [0.25, 0.3) is 0 Å². The van der Waals surface area contributed by atoms with Gasteiger partial charge in [-0.2, -0.15) is 4.98 Å². The molecule has 1 amide bonds. The number of hydrogen-bond acceptors (Lipinski definition) is 21. The number of carbonyl (C=O) groups excluding carboxylic acids is 2. The lowest BCUT2D eigenvalue weighted by Gasteiger charge is -2.24. The number of nitrogen functional groups attached to an aromatic ring is 2. The number of phosphoric ester groups is 2. The molecule has 1 aromatic carbocycles. The summed E-state index contributed by atoms with van der Waals surface area (Å²) in [6.45, 7) is -1.92. The summed E-state index contributed by atoms with van der Waals surface area (Å²) in [5.74, 6) is -1.15. The van der Waals surface area contributed by atoms with Crippen LogP contribution in [0, 0.1) is 0 Å². The Kier molecular flexibility index (Phi) is 15.1. The molecule has 11 N–H and O–H groups in total. The number of nitrogens with one attached hydrogen (secondary N) is 1. The molecule has 0 aliphatic carbocycles. The maximum absolute atomic E-state index is 13.4. The Hall–Kier alpha value is -5.64. The van der Waals surface area contributed by atoms with Crippen LogP contribution in [-0.2, 0) is 53.1 Å². The van der Waals surface area contributed by atoms with Crippen molar-refractivity contribution in [3.05, 3.63) is 75.7 Å².